The number of anilines is 1. The number of amides is 1. The zero-order chi connectivity index (χ0) is 27.0. The Kier molecular flexibility index (Phi) is 6.73. The number of aromatic nitrogens is 1. The SMILES string of the molecule is CCOc1ccc2nc(N3C(=O)C(=O)C(=C(O)c4ccc(F)cc4)C3c3ccc(O)c(OCC)c3)sc2c1. The monoisotopic (exact) mass is 534 g/mol. The second-order valence-electron chi connectivity index (χ2n) is 8.40. The molecule has 4 aromatic rings. The van der Waals surface area contributed by atoms with Crippen LogP contribution in [0.5, 0.6) is 17.2 Å². The summed E-state index contributed by atoms with van der Waals surface area (Å²) in [6.45, 7) is 4.38. The largest absolute Gasteiger partial charge is 0.507 e. The lowest BCUT2D eigenvalue weighted by Gasteiger charge is -2.23. The van der Waals surface area contributed by atoms with Gasteiger partial charge in [-0.15, -0.1) is 0 Å². The third-order valence-corrected chi connectivity index (χ3v) is 7.04. The predicted molar refractivity (Wildman–Crippen MR) is 141 cm³/mol. The molecule has 0 bridgehead atoms. The van der Waals surface area contributed by atoms with Crippen molar-refractivity contribution >= 4 is 44.1 Å². The van der Waals surface area contributed by atoms with Gasteiger partial charge in [0, 0.05) is 5.56 Å². The van der Waals surface area contributed by atoms with Gasteiger partial charge in [0.25, 0.3) is 5.78 Å². The number of rotatable bonds is 7. The third-order valence-electron chi connectivity index (χ3n) is 6.03. The first-order valence-corrected chi connectivity index (χ1v) is 12.7. The number of halogens is 1. The Hall–Kier alpha value is -4.44. The molecule has 1 aliphatic heterocycles. The van der Waals surface area contributed by atoms with E-state index in [0.29, 0.717) is 23.4 Å². The summed E-state index contributed by atoms with van der Waals surface area (Å²) in [5.41, 5.74) is 0.990. The fourth-order valence-corrected chi connectivity index (χ4v) is 5.35. The number of carbonyl (C=O) groups excluding carboxylic acids is 2. The third kappa shape index (κ3) is 4.43. The van der Waals surface area contributed by atoms with Gasteiger partial charge in [-0.1, -0.05) is 17.4 Å². The van der Waals surface area contributed by atoms with Crippen molar-refractivity contribution in [2.75, 3.05) is 18.1 Å². The Morgan fingerprint density at radius 2 is 1.76 bits per heavy atom. The summed E-state index contributed by atoms with van der Waals surface area (Å²) in [5, 5.41) is 21.7. The fourth-order valence-electron chi connectivity index (χ4n) is 4.33. The molecule has 0 spiro atoms. The van der Waals surface area contributed by atoms with Gasteiger partial charge in [0.05, 0.1) is 35.0 Å². The number of carbonyl (C=O) groups is 2. The minimum absolute atomic E-state index is 0.116. The number of benzene rings is 3. The zero-order valence-corrected chi connectivity index (χ0v) is 21.3. The second kappa shape index (κ2) is 10.1. The lowest BCUT2D eigenvalue weighted by molar-refractivity contribution is -0.132. The number of ether oxygens (including phenoxy) is 2. The summed E-state index contributed by atoms with van der Waals surface area (Å²) in [6.07, 6.45) is 0. The molecule has 8 nitrogen and oxygen atoms in total. The van der Waals surface area contributed by atoms with Gasteiger partial charge in [-0.3, -0.25) is 14.5 Å². The van der Waals surface area contributed by atoms with Crippen molar-refractivity contribution in [2.45, 2.75) is 19.9 Å². The van der Waals surface area contributed by atoms with Crippen molar-refractivity contribution in [1.29, 1.82) is 0 Å². The molecule has 5 rings (SSSR count). The van der Waals surface area contributed by atoms with E-state index < -0.39 is 29.3 Å². The van der Waals surface area contributed by atoms with Crippen molar-refractivity contribution in [3.05, 3.63) is 83.2 Å². The first-order chi connectivity index (χ1) is 18.3. The van der Waals surface area contributed by atoms with Crippen LogP contribution in [-0.2, 0) is 9.59 Å². The van der Waals surface area contributed by atoms with Crippen LogP contribution >= 0.6 is 11.3 Å². The fraction of sp³-hybridized carbons (Fsp3) is 0.179. The number of phenolic OH excluding ortho intramolecular Hbond substituents is 1. The van der Waals surface area contributed by atoms with Gasteiger partial charge in [0.1, 0.15) is 17.3 Å². The minimum atomic E-state index is -1.09. The quantitative estimate of drug-likeness (QED) is 0.181. The van der Waals surface area contributed by atoms with E-state index in [4.69, 9.17) is 9.47 Å². The van der Waals surface area contributed by atoms with Gasteiger partial charge in [-0.05, 0) is 74.0 Å². The van der Waals surface area contributed by atoms with Crippen LogP contribution in [0.4, 0.5) is 9.52 Å². The van der Waals surface area contributed by atoms with Crippen molar-refractivity contribution in [2.24, 2.45) is 0 Å². The Bertz CT molecular complexity index is 1580. The van der Waals surface area contributed by atoms with Crippen LogP contribution in [0.2, 0.25) is 0 Å². The number of fused-ring (bicyclic) bond motifs is 1. The average Bonchev–Trinajstić information content (AvgIpc) is 3.43. The van der Waals surface area contributed by atoms with Crippen molar-refractivity contribution in [3.8, 4) is 17.2 Å². The first kappa shape index (κ1) is 25.2. The average molecular weight is 535 g/mol. The predicted octanol–water partition coefficient (Wildman–Crippen LogP) is 5.56. The van der Waals surface area contributed by atoms with Crippen LogP contribution in [0.25, 0.3) is 16.0 Å². The van der Waals surface area contributed by atoms with Gasteiger partial charge in [-0.25, -0.2) is 9.37 Å². The summed E-state index contributed by atoms with van der Waals surface area (Å²) in [4.78, 5) is 32.6. The number of nitrogens with zero attached hydrogens (tertiary/aromatic N) is 2. The van der Waals surface area contributed by atoms with E-state index in [0.717, 1.165) is 16.8 Å². The Morgan fingerprint density at radius 1 is 1.03 bits per heavy atom. The van der Waals surface area contributed by atoms with Gasteiger partial charge in [0.15, 0.2) is 16.6 Å². The molecular weight excluding hydrogens is 511 g/mol. The molecule has 1 atom stereocenters. The summed E-state index contributed by atoms with van der Waals surface area (Å²) in [7, 11) is 0. The van der Waals surface area contributed by atoms with Crippen LogP contribution < -0.4 is 14.4 Å². The van der Waals surface area contributed by atoms with Crippen LogP contribution in [0, 0.1) is 5.82 Å². The number of aliphatic hydroxyl groups is 1. The van der Waals surface area contributed by atoms with Crippen molar-refractivity contribution in [3.63, 3.8) is 0 Å². The number of thiazole rings is 1. The van der Waals surface area contributed by atoms with E-state index in [1.54, 1.807) is 31.2 Å². The van der Waals surface area contributed by atoms with Gasteiger partial charge < -0.3 is 19.7 Å². The van der Waals surface area contributed by atoms with Crippen LogP contribution in [-0.4, -0.2) is 40.1 Å². The highest BCUT2D eigenvalue weighted by Gasteiger charge is 2.48. The smallest absolute Gasteiger partial charge is 0.301 e. The molecule has 1 aromatic heterocycles. The summed E-state index contributed by atoms with van der Waals surface area (Å²) < 4.78 is 25.4. The molecule has 1 fully saturated rings. The molecule has 0 saturated carbocycles. The molecule has 1 saturated heterocycles. The number of hydrogen-bond donors (Lipinski definition) is 2. The van der Waals surface area contributed by atoms with Crippen LogP contribution in [0.1, 0.15) is 31.0 Å². The van der Waals surface area contributed by atoms with E-state index in [1.165, 1.54) is 40.5 Å². The Morgan fingerprint density at radius 3 is 2.47 bits per heavy atom. The molecule has 2 N–H and O–H groups in total. The highest BCUT2D eigenvalue weighted by Crippen LogP contribution is 2.46. The number of ketones is 1. The molecule has 1 aliphatic rings. The van der Waals surface area contributed by atoms with E-state index in [9.17, 15) is 24.2 Å². The number of hydrogen-bond acceptors (Lipinski definition) is 8. The van der Waals surface area contributed by atoms with Gasteiger partial charge in [-0.2, -0.15) is 0 Å². The second-order valence-corrected chi connectivity index (χ2v) is 9.40. The zero-order valence-electron chi connectivity index (χ0n) is 20.5. The maximum atomic E-state index is 13.5. The van der Waals surface area contributed by atoms with Gasteiger partial charge in [0.2, 0.25) is 0 Å². The molecule has 0 aliphatic carbocycles. The number of Topliss-reactive ketones (excluding diaryl/α,β-unsaturated/α-hetero) is 1. The van der Waals surface area contributed by atoms with Crippen molar-refractivity contribution < 1.29 is 33.7 Å². The van der Waals surface area contributed by atoms with E-state index in [-0.39, 0.29) is 34.4 Å². The Balaban J connectivity index is 1.71. The lowest BCUT2D eigenvalue weighted by Crippen LogP contribution is -2.29. The summed E-state index contributed by atoms with van der Waals surface area (Å²) in [6, 6.07) is 13.6. The lowest BCUT2D eigenvalue weighted by atomic mass is 9.95. The Labute approximate surface area is 221 Å². The summed E-state index contributed by atoms with van der Waals surface area (Å²) >= 11 is 1.20. The molecule has 1 amide bonds. The highest BCUT2D eigenvalue weighted by atomic mass is 32.1. The number of aromatic hydroxyl groups is 1. The maximum Gasteiger partial charge on any atom is 0.301 e. The van der Waals surface area contributed by atoms with E-state index in [1.807, 2.05) is 6.92 Å². The number of aliphatic hydroxyl groups excluding tert-OH is 1. The molecule has 38 heavy (non-hydrogen) atoms. The van der Waals surface area contributed by atoms with Crippen molar-refractivity contribution in [1.82, 2.24) is 4.98 Å². The first-order valence-electron chi connectivity index (χ1n) is 11.9. The van der Waals surface area contributed by atoms with E-state index in [2.05, 4.69) is 4.98 Å². The topological polar surface area (TPSA) is 109 Å². The van der Waals surface area contributed by atoms with E-state index >= 15 is 0 Å². The molecule has 2 heterocycles. The highest BCUT2D eigenvalue weighted by molar-refractivity contribution is 7.22. The van der Waals surface area contributed by atoms with Gasteiger partial charge >= 0.3 is 5.91 Å². The molecular formula is C28H23FN2O6S. The molecule has 10 heteroatoms. The molecule has 3 aromatic carbocycles. The normalized spacial score (nSPS) is 16.8. The van der Waals surface area contributed by atoms with Crippen LogP contribution in [0.3, 0.4) is 0 Å². The minimum Gasteiger partial charge on any atom is -0.507 e. The van der Waals surface area contributed by atoms with Crippen LogP contribution in [0.15, 0.2) is 66.2 Å². The summed E-state index contributed by atoms with van der Waals surface area (Å²) in [5.74, 6) is -2.09. The maximum absolute atomic E-state index is 13.5. The number of phenols is 1. The molecule has 0 radical (unpaired) electrons. The molecule has 1 unspecified atom stereocenters. The standard InChI is InChI=1S/C28H23FN2O6S/c1-3-36-18-10-11-19-22(14-18)38-28(30-19)31-24(16-7-12-20(32)21(13-16)37-4-2)23(26(34)27(31)35)25(33)15-5-8-17(29)9-6-15/h5-14,24,32-33H,3-4H2,1-2H3. The molecule has 194 valence electrons.